The van der Waals surface area contributed by atoms with E-state index in [-0.39, 0.29) is 12.0 Å². The third-order valence-corrected chi connectivity index (χ3v) is 4.82. The smallest absolute Gasteiger partial charge is 0.251 e. The first-order valence-corrected chi connectivity index (χ1v) is 9.82. The maximum atomic E-state index is 11.8. The van der Waals surface area contributed by atoms with Gasteiger partial charge in [-0.15, -0.1) is 0 Å². The minimum Gasteiger partial charge on any atom is -0.474 e. The van der Waals surface area contributed by atoms with Gasteiger partial charge < -0.3 is 20.3 Å². The van der Waals surface area contributed by atoms with E-state index in [1.807, 2.05) is 24.3 Å². The summed E-state index contributed by atoms with van der Waals surface area (Å²) in [4.78, 5) is 31.2. The lowest BCUT2D eigenvalue weighted by Gasteiger charge is -2.31. The molecule has 1 fully saturated rings. The number of hydrogen-bond acceptors (Lipinski definition) is 8. The lowest BCUT2D eigenvalue weighted by atomic mass is 10.1. The zero-order chi connectivity index (χ0) is 20.8. The normalized spacial score (nSPS) is 14.2. The summed E-state index contributed by atoms with van der Waals surface area (Å²) in [5.41, 5.74) is 1.29. The van der Waals surface area contributed by atoms with Crippen molar-refractivity contribution in [3.8, 4) is 5.88 Å². The molecule has 30 heavy (non-hydrogen) atoms. The Bertz CT molecular complexity index is 991. The number of rotatable bonds is 6. The van der Waals surface area contributed by atoms with Crippen LogP contribution in [-0.4, -0.2) is 52.1 Å². The number of hydrogen-bond donors (Lipinski definition) is 2. The average Bonchev–Trinajstić information content (AvgIpc) is 2.80. The monoisotopic (exact) mass is 405 g/mol. The van der Waals surface area contributed by atoms with Crippen molar-refractivity contribution in [1.82, 2.24) is 25.3 Å². The van der Waals surface area contributed by atoms with Crippen LogP contribution < -0.4 is 20.3 Å². The van der Waals surface area contributed by atoms with Crippen LogP contribution in [0, 0.1) is 0 Å². The molecular formula is C21H23N7O2. The number of nitrogens with zero attached hydrogens (tertiary/aromatic N) is 5. The SMILES string of the molecule is CNC(=O)c1cccc(Nc2ncnc(N3CCC(Oc4ccccn4)CC3)n2)c1. The fourth-order valence-corrected chi connectivity index (χ4v) is 3.27. The van der Waals surface area contributed by atoms with Crippen molar-refractivity contribution >= 4 is 23.5 Å². The Morgan fingerprint density at radius 2 is 1.97 bits per heavy atom. The van der Waals surface area contributed by atoms with Crippen LogP contribution >= 0.6 is 0 Å². The number of benzene rings is 1. The van der Waals surface area contributed by atoms with Gasteiger partial charge in [0.25, 0.3) is 5.91 Å². The van der Waals surface area contributed by atoms with Crippen molar-refractivity contribution in [2.45, 2.75) is 18.9 Å². The van der Waals surface area contributed by atoms with Crippen LogP contribution in [0.25, 0.3) is 0 Å². The maximum absolute atomic E-state index is 11.8. The van der Waals surface area contributed by atoms with Gasteiger partial charge in [-0.05, 0) is 24.3 Å². The van der Waals surface area contributed by atoms with Gasteiger partial charge in [0.1, 0.15) is 12.4 Å². The van der Waals surface area contributed by atoms with Gasteiger partial charge in [-0.2, -0.15) is 4.98 Å². The number of anilines is 3. The van der Waals surface area contributed by atoms with E-state index in [0.29, 0.717) is 23.3 Å². The van der Waals surface area contributed by atoms with Gasteiger partial charge in [0.15, 0.2) is 0 Å². The standard InChI is InChI=1S/C21H23N7O2/c1-22-19(29)15-5-4-6-16(13-15)26-20-24-14-25-21(27-20)28-11-8-17(9-12-28)30-18-7-2-3-10-23-18/h2-7,10,13-14,17H,8-9,11-12H2,1H3,(H,22,29)(H,24,25,26,27). The van der Waals surface area contributed by atoms with Gasteiger partial charge in [0.05, 0.1) is 0 Å². The highest BCUT2D eigenvalue weighted by atomic mass is 16.5. The number of piperidine rings is 1. The fourth-order valence-electron chi connectivity index (χ4n) is 3.27. The van der Waals surface area contributed by atoms with Crippen molar-refractivity contribution in [3.63, 3.8) is 0 Å². The van der Waals surface area contributed by atoms with Crippen molar-refractivity contribution in [1.29, 1.82) is 0 Å². The summed E-state index contributed by atoms with van der Waals surface area (Å²) < 4.78 is 5.95. The number of nitrogens with one attached hydrogen (secondary N) is 2. The molecule has 0 radical (unpaired) electrons. The highest BCUT2D eigenvalue weighted by Crippen LogP contribution is 2.21. The van der Waals surface area contributed by atoms with Crippen molar-refractivity contribution < 1.29 is 9.53 Å². The van der Waals surface area contributed by atoms with Crippen LogP contribution in [0.15, 0.2) is 55.0 Å². The van der Waals surface area contributed by atoms with E-state index >= 15 is 0 Å². The molecule has 0 atom stereocenters. The molecule has 0 unspecified atom stereocenters. The summed E-state index contributed by atoms with van der Waals surface area (Å²) >= 11 is 0. The van der Waals surface area contributed by atoms with E-state index in [1.165, 1.54) is 6.33 Å². The van der Waals surface area contributed by atoms with Crippen LogP contribution in [0.1, 0.15) is 23.2 Å². The lowest BCUT2D eigenvalue weighted by Crippen LogP contribution is -2.39. The Hall–Kier alpha value is -3.75. The topological polar surface area (TPSA) is 105 Å². The van der Waals surface area contributed by atoms with E-state index in [4.69, 9.17) is 4.74 Å². The average molecular weight is 405 g/mol. The summed E-state index contributed by atoms with van der Waals surface area (Å²) in [6.45, 7) is 1.57. The summed E-state index contributed by atoms with van der Waals surface area (Å²) in [7, 11) is 1.60. The van der Waals surface area contributed by atoms with Gasteiger partial charge in [0, 0.05) is 56.5 Å². The van der Waals surface area contributed by atoms with Crippen LogP contribution in [0.5, 0.6) is 5.88 Å². The van der Waals surface area contributed by atoms with E-state index in [0.717, 1.165) is 31.6 Å². The number of aromatic nitrogens is 4. The summed E-state index contributed by atoms with van der Waals surface area (Å²) in [6, 6.07) is 12.8. The Kier molecular flexibility index (Phi) is 5.98. The number of ether oxygens (including phenoxy) is 1. The van der Waals surface area contributed by atoms with Gasteiger partial charge >= 0.3 is 0 Å². The predicted octanol–water partition coefficient (Wildman–Crippen LogP) is 2.42. The summed E-state index contributed by atoms with van der Waals surface area (Å²) in [6.07, 6.45) is 5.07. The first-order chi connectivity index (χ1) is 14.7. The second-order valence-electron chi connectivity index (χ2n) is 6.87. The van der Waals surface area contributed by atoms with E-state index in [2.05, 4.69) is 35.5 Å². The molecule has 1 amide bonds. The minimum absolute atomic E-state index is 0.128. The Balaban J connectivity index is 1.38. The van der Waals surface area contributed by atoms with Crippen LogP contribution in [0.4, 0.5) is 17.6 Å². The molecule has 3 aromatic rings. The van der Waals surface area contributed by atoms with Crippen LogP contribution in [-0.2, 0) is 0 Å². The van der Waals surface area contributed by atoms with Crippen molar-refractivity contribution in [3.05, 3.63) is 60.6 Å². The Morgan fingerprint density at radius 3 is 2.73 bits per heavy atom. The molecule has 0 aliphatic carbocycles. The molecule has 3 heterocycles. The molecular weight excluding hydrogens is 382 g/mol. The number of carbonyl (C=O) groups excluding carboxylic acids is 1. The molecule has 9 heteroatoms. The quantitative estimate of drug-likeness (QED) is 0.644. The molecule has 1 saturated heterocycles. The second-order valence-corrected chi connectivity index (χ2v) is 6.87. The van der Waals surface area contributed by atoms with Gasteiger partial charge in [-0.1, -0.05) is 12.1 Å². The first kappa shape index (κ1) is 19.6. The van der Waals surface area contributed by atoms with Crippen LogP contribution in [0.3, 0.4) is 0 Å². The minimum atomic E-state index is -0.147. The summed E-state index contributed by atoms with van der Waals surface area (Å²) in [5, 5.41) is 5.76. The Labute approximate surface area is 174 Å². The van der Waals surface area contributed by atoms with E-state index < -0.39 is 0 Å². The highest BCUT2D eigenvalue weighted by Gasteiger charge is 2.23. The van der Waals surface area contributed by atoms with Gasteiger partial charge in [0.2, 0.25) is 17.8 Å². The molecule has 2 N–H and O–H groups in total. The van der Waals surface area contributed by atoms with Crippen LogP contribution in [0.2, 0.25) is 0 Å². The van der Waals surface area contributed by atoms with E-state index in [9.17, 15) is 4.79 Å². The van der Waals surface area contributed by atoms with Crippen molar-refractivity contribution in [2.24, 2.45) is 0 Å². The summed E-state index contributed by atoms with van der Waals surface area (Å²) in [5.74, 6) is 1.56. The predicted molar refractivity (Wildman–Crippen MR) is 113 cm³/mol. The zero-order valence-electron chi connectivity index (χ0n) is 16.7. The molecule has 9 nitrogen and oxygen atoms in total. The number of pyridine rings is 1. The molecule has 1 aliphatic rings. The Morgan fingerprint density at radius 1 is 1.10 bits per heavy atom. The largest absolute Gasteiger partial charge is 0.474 e. The highest BCUT2D eigenvalue weighted by molar-refractivity contribution is 5.95. The fraction of sp³-hybridized carbons (Fsp3) is 0.286. The molecule has 0 saturated carbocycles. The van der Waals surface area contributed by atoms with Gasteiger partial charge in [-0.3, -0.25) is 4.79 Å². The molecule has 1 aliphatic heterocycles. The van der Waals surface area contributed by atoms with Crippen molar-refractivity contribution in [2.75, 3.05) is 30.4 Å². The molecule has 0 bridgehead atoms. The number of amides is 1. The molecule has 4 rings (SSSR count). The third-order valence-electron chi connectivity index (χ3n) is 4.82. The first-order valence-electron chi connectivity index (χ1n) is 9.82. The lowest BCUT2D eigenvalue weighted by molar-refractivity contribution is 0.0963. The molecule has 154 valence electrons. The van der Waals surface area contributed by atoms with E-state index in [1.54, 1.807) is 31.4 Å². The third kappa shape index (κ3) is 4.80. The number of carbonyl (C=O) groups is 1. The molecule has 2 aromatic heterocycles. The molecule has 0 spiro atoms. The van der Waals surface area contributed by atoms with Gasteiger partial charge in [-0.25, -0.2) is 15.0 Å². The second kappa shape index (κ2) is 9.17. The molecule has 1 aromatic carbocycles. The maximum Gasteiger partial charge on any atom is 0.251 e. The zero-order valence-corrected chi connectivity index (χ0v) is 16.7.